The predicted molar refractivity (Wildman–Crippen MR) is 238 cm³/mol. The summed E-state index contributed by atoms with van der Waals surface area (Å²) in [6.45, 7) is 3.57. The van der Waals surface area contributed by atoms with E-state index in [4.69, 9.17) is 18.9 Å². The molecule has 4 N–H and O–H groups in total. The van der Waals surface area contributed by atoms with Crippen LogP contribution in [0.2, 0.25) is 0 Å². The molecule has 60 heavy (non-hydrogen) atoms. The molecule has 0 aliphatic carbocycles. The van der Waals surface area contributed by atoms with E-state index >= 15 is 0 Å². The summed E-state index contributed by atoms with van der Waals surface area (Å²) in [6.07, 6.45) is 37.3. The highest BCUT2D eigenvalue weighted by molar-refractivity contribution is 7.85. The minimum absolute atomic E-state index is 0.120. The molecule has 0 bridgehead atoms. The predicted octanol–water partition coefficient (Wildman–Crippen LogP) is 9.11. The van der Waals surface area contributed by atoms with E-state index in [1.165, 1.54) is 83.1 Å². The number of aliphatic hydroxyl groups is 3. The van der Waals surface area contributed by atoms with E-state index in [9.17, 15) is 37.9 Å². The molecular formula is C47H78O12S. The second-order valence-corrected chi connectivity index (χ2v) is 16.9. The zero-order valence-electron chi connectivity index (χ0n) is 36.5. The molecule has 0 aromatic rings. The molecular weight excluding hydrogens is 789 g/mol. The molecule has 0 amide bonds. The minimum atomic E-state index is -4.62. The average molecular weight is 867 g/mol. The molecule has 0 aromatic heterocycles. The number of unbranched alkanes of at least 4 members (excludes halogenated alkanes) is 15. The quantitative estimate of drug-likeness (QED) is 0.0117. The van der Waals surface area contributed by atoms with Crippen LogP contribution in [0.15, 0.2) is 72.9 Å². The molecule has 1 aliphatic heterocycles. The standard InChI is InChI=1S/C47H78O12S/c1-3-5-7-9-11-13-15-17-19-20-22-23-25-27-29-31-33-35-42(48)56-37-40(38-57-47-46(52)45(51)44(50)41(59-47)39-60(53,54)55)58-43(49)36-34-32-30-28-26-24-21-18-16-14-12-10-8-6-4-2/h11,13,17,19,22-23,27,29-30,32,34,36,40-41,44-47,50-52H,3-10,12,14-16,18,20-21,24-26,28,31,33,35,37-39H2,1-2H3,(H,53,54,55)/b13-11+,19-17+,23-22+,29-27+,32-30+,36-34+/t40-,41-,44-,45?,46?,47+/m1/s1. The Morgan fingerprint density at radius 3 is 1.70 bits per heavy atom. The average Bonchev–Trinajstić information content (AvgIpc) is 3.21. The van der Waals surface area contributed by atoms with Crippen molar-refractivity contribution in [1.29, 1.82) is 0 Å². The number of ether oxygens (including phenoxy) is 4. The first-order chi connectivity index (χ1) is 29.0. The van der Waals surface area contributed by atoms with Gasteiger partial charge in [-0.2, -0.15) is 8.42 Å². The van der Waals surface area contributed by atoms with E-state index in [-0.39, 0.29) is 13.0 Å². The molecule has 0 aromatic carbocycles. The minimum Gasteiger partial charge on any atom is -0.462 e. The van der Waals surface area contributed by atoms with Crippen LogP contribution in [-0.2, 0) is 38.7 Å². The van der Waals surface area contributed by atoms with Crippen LogP contribution in [0.1, 0.15) is 155 Å². The fourth-order valence-electron chi connectivity index (χ4n) is 6.34. The number of rotatable bonds is 36. The molecule has 6 atom stereocenters. The number of allylic oxidation sites excluding steroid dienone is 11. The maximum atomic E-state index is 12.7. The van der Waals surface area contributed by atoms with E-state index in [2.05, 4.69) is 50.3 Å². The van der Waals surface area contributed by atoms with E-state index in [1.807, 2.05) is 18.2 Å². The largest absolute Gasteiger partial charge is 0.462 e. The summed E-state index contributed by atoms with van der Waals surface area (Å²) in [7, 11) is -4.62. The Kier molecular flexibility index (Phi) is 33.7. The third-order valence-corrected chi connectivity index (χ3v) is 10.6. The Morgan fingerprint density at radius 2 is 1.12 bits per heavy atom. The molecule has 344 valence electrons. The van der Waals surface area contributed by atoms with Crippen LogP contribution in [0.3, 0.4) is 0 Å². The fourth-order valence-corrected chi connectivity index (χ4v) is 7.03. The summed E-state index contributed by atoms with van der Waals surface area (Å²) in [5.41, 5.74) is 0. The van der Waals surface area contributed by atoms with E-state index in [0.29, 0.717) is 12.8 Å². The van der Waals surface area contributed by atoms with E-state index in [1.54, 1.807) is 12.2 Å². The van der Waals surface area contributed by atoms with Gasteiger partial charge in [0, 0.05) is 12.5 Å². The van der Waals surface area contributed by atoms with Gasteiger partial charge < -0.3 is 34.3 Å². The molecule has 2 unspecified atom stereocenters. The first kappa shape index (κ1) is 55.1. The summed E-state index contributed by atoms with van der Waals surface area (Å²) in [4.78, 5) is 25.2. The van der Waals surface area contributed by atoms with Gasteiger partial charge in [-0.3, -0.25) is 9.35 Å². The lowest BCUT2D eigenvalue weighted by Crippen LogP contribution is -2.60. The summed E-state index contributed by atoms with van der Waals surface area (Å²) < 4.78 is 53.8. The monoisotopic (exact) mass is 867 g/mol. The van der Waals surface area contributed by atoms with Gasteiger partial charge in [-0.1, -0.05) is 158 Å². The number of carbonyl (C=O) groups is 2. The van der Waals surface area contributed by atoms with Crippen molar-refractivity contribution < 1.29 is 56.8 Å². The van der Waals surface area contributed by atoms with Crippen LogP contribution in [0.25, 0.3) is 0 Å². The Bertz CT molecular complexity index is 1390. The molecule has 0 radical (unpaired) electrons. The second-order valence-electron chi connectivity index (χ2n) is 15.4. The Balaban J connectivity index is 2.55. The smallest absolute Gasteiger partial charge is 0.331 e. The molecule has 0 saturated carbocycles. The molecule has 1 saturated heterocycles. The van der Waals surface area contributed by atoms with Gasteiger partial charge in [0.1, 0.15) is 36.8 Å². The van der Waals surface area contributed by atoms with Gasteiger partial charge in [-0.15, -0.1) is 0 Å². The summed E-state index contributed by atoms with van der Waals surface area (Å²) in [5, 5.41) is 30.8. The summed E-state index contributed by atoms with van der Waals surface area (Å²) in [6, 6.07) is 0. The molecule has 1 fully saturated rings. The lowest BCUT2D eigenvalue weighted by atomic mass is 10.00. The maximum absolute atomic E-state index is 12.7. The van der Waals surface area contributed by atoms with Gasteiger partial charge in [0.25, 0.3) is 10.1 Å². The van der Waals surface area contributed by atoms with Crippen molar-refractivity contribution >= 4 is 22.1 Å². The van der Waals surface area contributed by atoms with Crippen LogP contribution >= 0.6 is 0 Å². The van der Waals surface area contributed by atoms with Gasteiger partial charge in [-0.05, 0) is 57.8 Å². The molecule has 1 aliphatic rings. The van der Waals surface area contributed by atoms with Gasteiger partial charge in [0.2, 0.25) is 0 Å². The summed E-state index contributed by atoms with van der Waals surface area (Å²) >= 11 is 0. The number of carbonyl (C=O) groups excluding carboxylic acids is 2. The van der Waals surface area contributed by atoms with Crippen LogP contribution < -0.4 is 0 Å². The highest BCUT2D eigenvalue weighted by Crippen LogP contribution is 2.24. The maximum Gasteiger partial charge on any atom is 0.331 e. The SMILES string of the molecule is CCCCC/C=C/C/C=C/C/C=C/C/C=C/CCCC(=O)OC[C@H](CO[C@H]1O[C@H](CS(=O)(=O)O)[C@@H](O)C(O)C1O)OC(=O)/C=C/C=C/CCCCCCCCCCCCC. The van der Waals surface area contributed by atoms with Crippen molar-refractivity contribution in [2.45, 2.75) is 192 Å². The molecule has 12 nitrogen and oxygen atoms in total. The van der Waals surface area contributed by atoms with Gasteiger partial charge in [-0.25, -0.2) is 4.79 Å². The molecule has 1 rings (SSSR count). The van der Waals surface area contributed by atoms with Crippen LogP contribution in [0.5, 0.6) is 0 Å². The van der Waals surface area contributed by atoms with Crippen LogP contribution in [0, 0.1) is 0 Å². The zero-order valence-corrected chi connectivity index (χ0v) is 37.3. The van der Waals surface area contributed by atoms with Crippen molar-refractivity contribution in [2.24, 2.45) is 0 Å². The Hall–Kier alpha value is -2.91. The molecule has 0 spiro atoms. The van der Waals surface area contributed by atoms with Crippen molar-refractivity contribution in [1.82, 2.24) is 0 Å². The number of esters is 2. The number of aliphatic hydroxyl groups excluding tert-OH is 3. The first-order valence-electron chi connectivity index (χ1n) is 22.5. The van der Waals surface area contributed by atoms with Gasteiger partial charge >= 0.3 is 11.9 Å². The van der Waals surface area contributed by atoms with Crippen LogP contribution in [-0.4, -0.2) is 96.0 Å². The highest BCUT2D eigenvalue weighted by atomic mass is 32.2. The topological polar surface area (TPSA) is 186 Å². The van der Waals surface area contributed by atoms with Gasteiger partial charge in [0.05, 0.1) is 6.61 Å². The fraction of sp³-hybridized carbons (Fsp3) is 0.702. The van der Waals surface area contributed by atoms with Crippen molar-refractivity contribution in [2.75, 3.05) is 19.0 Å². The first-order valence-corrected chi connectivity index (χ1v) is 24.1. The van der Waals surface area contributed by atoms with E-state index < -0.39 is 71.2 Å². The Labute approximate surface area is 361 Å². The lowest BCUT2D eigenvalue weighted by Gasteiger charge is -2.40. The number of hydrogen-bond donors (Lipinski definition) is 4. The third-order valence-electron chi connectivity index (χ3n) is 9.87. The number of hydrogen-bond acceptors (Lipinski definition) is 11. The molecule has 13 heteroatoms. The van der Waals surface area contributed by atoms with Crippen molar-refractivity contribution in [3.8, 4) is 0 Å². The van der Waals surface area contributed by atoms with Gasteiger partial charge in [0.15, 0.2) is 12.4 Å². The Morgan fingerprint density at radius 1 is 0.617 bits per heavy atom. The summed E-state index contributed by atoms with van der Waals surface area (Å²) in [5.74, 6) is -2.33. The zero-order chi connectivity index (χ0) is 44.1. The highest BCUT2D eigenvalue weighted by Gasteiger charge is 2.46. The third kappa shape index (κ3) is 31.0. The van der Waals surface area contributed by atoms with Crippen molar-refractivity contribution in [3.63, 3.8) is 0 Å². The van der Waals surface area contributed by atoms with E-state index in [0.717, 1.165) is 44.9 Å². The normalized spacial score (nSPS) is 20.8. The molecule has 1 heterocycles. The van der Waals surface area contributed by atoms with Crippen LogP contribution in [0.4, 0.5) is 0 Å². The van der Waals surface area contributed by atoms with Crippen molar-refractivity contribution in [3.05, 3.63) is 72.9 Å². The lowest BCUT2D eigenvalue weighted by molar-refractivity contribution is -0.297. The second kappa shape index (κ2) is 36.7.